The van der Waals surface area contributed by atoms with Crippen molar-refractivity contribution in [3.05, 3.63) is 46.2 Å². The van der Waals surface area contributed by atoms with E-state index in [0.29, 0.717) is 31.2 Å². The molecule has 7 nitrogen and oxygen atoms in total. The monoisotopic (exact) mass is 391 g/mol. The van der Waals surface area contributed by atoms with Crippen LogP contribution in [0, 0.1) is 0 Å². The summed E-state index contributed by atoms with van der Waals surface area (Å²) in [5, 5.41) is 4.13. The van der Waals surface area contributed by atoms with Gasteiger partial charge in [-0.1, -0.05) is 19.1 Å². The van der Waals surface area contributed by atoms with Crippen molar-refractivity contribution in [1.29, 1.82) is 0 Å². The molecule has 146 valence electrons. The summed E-state index contributed by atoms with van der Waals surface area (Å²) < 4.78 is 11.3. The molecule has 0 unspecified atom stereocenters. The van der Waals surface area contributed by atoms with Crippen LogP contribution in [0.4, 0.5) is 4.79 Å². The van der Waals surface area contributed by atoms with Crippen LogP contribution >= 0.6 is 11.3 Å². The molecule has 0 saturated carbocycles. The zero-order valence-electron chi connectivity index (χ0n) is 15.7. The van der Waals surface area contributed by atoms with E-state index in [2.05, 4.69) is 5.32 Å². The first-order valence-electron chi connectivity index (χ1n) is 8.61. The first kappa shape index (κ1) is 20.7. The van der Waals surface area contributed by atoms with Gasteiger partial charge in [-0.15, -0.1) is 11.3 Å². The molecule has 3 N–H and O–H groups in total. The zero-order chi connectivity index (χ0) is 19.8. The highest BCUT2D eigenvalue weighted by Crippen LogP contribution is 2.30. The lowest BCUT2D eigenvalue weighted by Gasteiger charge is -2.26. The van der Waals surface area contributed by atoms with E-state index in [0.717, 1.165) is 10.4 Å². The largest absolute Gasteiger partial charge is 0.493 e. The van der Waals surface area contributed by atoms with Gasteiger partial charge in [-0.05, 0) is 42.6 Å². The average Bonchev–Trinajstić information content (AvgIpc) is 3.17. The van der Waals surface area contributed by atoms with Crippen LogP contribution in [0.1, 0.15) is 24.3 Å². The summed E-state index contributed by atoms with van der Waals surface area (Å²) in [7, 11) is 1.59. The number of carbonyl (C=O) groups excluding carboxylic acids is 2. The minimum absolute atomic E-state index is 0.424. The summed E-state index contributed by atoms with van der Waals surface area (Å²) >= 11 is 1.64. The number of urea groups is 1. The lowest BCUT2D eigenvalue weighted by atomic mass is 10.1. The van der Waals surface area contributed by atoms with E-state index in [1.165, 1.54) is 0 Å². The number of carbonyl (C=O) groups is 2. The van der Waals surface area contributed by atoms with E-state index in [-0.39, 0.29) is 0 Å². The van der Waals surface area contributed by atoms with Crippen LogP contribution in [-0.4, -0.2) is 36.5 Å². The maximum Gasteiger partial charge on any atom is 0.318 e. The van der Waals surface area contributed by atoms with Gasteiger partial charge in [-0.2, -0.15) is 0 Å². The molecular formula is C19H25N3O4S. The number of ether oxygens (including phenoxy) is 2. The molecule has 0 saturated heterocycles. The van der Waals surface area contributed by atoms with Crippen LogP contribution in [-0.2, 0) is 17.9 Å². The molecule has 0 radical (unpaired) electrons. The molecule has 1 aromatic carbocycles. The van der Waals surface area contributed by atoms with Crippen LogP contribution in [0.25, 0.3) is 0 Å². The Morgan fingerprint density at radius 3 is 2.67 bits per heavy atom. The quantitative estimate of drug-likeness (QED) is 0.685. The summed E-state index contributed by atoms with van der Waals surface area (Å²) in [4.78, 5) is 26.0. The number of imide groups is 1. The third-order valence-corrected chi connectivity index (χ3v) is 4.99. The molecule has 8 heteroatoms. The zero-order valence-corrected chi connectivity index (χ0v) is 16.5. The summed E-state index contributed by atoms with van der Waals surface area (Å²) in [6, 6.07) is 8.35. The molecule has 0 fully saturated rings. The number of hydrogen-bond donors (Lipinski definition) is 2. The predicted octanol–water partition coefficient (Wildman–Crippen LogP) is 2.74. The summed E-state index contributed by atoms with van der Waals surface area (Å²) in [5.41, 5.74) is 5.99. The van der Waals surface area contributed by atoms with E-state index in [9.17, 15) is 9.59 Å². The van der Waals surface area contributed by atoms with E-state index in [1.807, 2.05) is 47.5 Å². The Morgan fingerprint density at radius 1 is 1.30 bits per heavy atom. The summed E-state index contributed by atoms with van der Waals surface area (Å²) in [6.07, 6.45) is 0. The molecular weight excluding hydrogens is 366 g/mol. The fourth-order valence-electron chi connectivity index (χ4n) is 2.62. The SMILES string of the molecule is CCN(Cc1ccc(OCc2cccs2)c(OC)c1)[C@@H](C)C(=O)NC(N)=O. The molecule has 0 spiro atoms. The Hall–Kier alpha value is -2.58. The van der Waals surface area contributed by atoms with Crippen LogP contribution in [0.2, 0.25) is 0 Å². The van der Waals surface area contributed by atoms with Gasteiger partial charge in [0.05, 0.1) is 13.2 Å². The number of nitrogens with two attached hydrogens (primary N) is 1. The average molecular weight is 391 g/mol. The van der Waals surface area contributed by atoms with Crippen molar-refractivity contribution in [1.82, 2.24) is 10.2 Å². The number of benzene rings is 1. The fourth-order valence-corrected chi connectivity index (χ4v) is 3.24. The van der Waals surface area contributed by atoms with Gasteiger partial charge in [-0.3, -0.25) is 15.0 Å². The van der Waals surface area contributed by atoms with Gasteiger partial charge in [0.1, 0.15) is 6.61 Å². The smallest absolute Gasteiger partial charge is 0.318 e. The topological polar surface area (TPSA) is 93.9 Å². The Morgan fingerprint density at radius 2 is 2.07 bits per heavy atom. The third kappa shape index (κ3) is 5.97. The van der Waals surface area contributed by atoms with Crippen molar-refractivity contribution in [2.45, 2.75) is 33.0 Å². The maximum atomic E-state index is 12.0. The van der Waals surface area contributed by atoms with E-state index in [1.54, 1.807) is 25.4 Å². The summed E-state index contributed by atoms with van der Waals surface area (Å²) in [6.45, 7) is 5.32. The highest BCUT2D eigenvalue weighted by Gasteiger charge is 2.21. The molecule has 27 heavy (non-hydrogen) atoms. The van der Waals surface area contributed by atoms with Gasteiger partial charge in [0.2, 0.25) is 5.91 Å². The number of primary amides is 1. The van der Waals surface area contributed by atoms with Crippen molar-refractivity contribution < 1.29 is 19.1 Å². The highest BCUT2D eigenvalue weighted by molar-refractivity contribution is 7.09. The van der Waals surface area contributed by atoms with Crippen molar-refractivity contribution in [2.75, 3.05) is 13.7 Å². The number of amides is 3. The molecule has 1 aromatic heterocycles. The first-order chi connectivity index (χ1) is 12.9. The number of nitrogens with zero attached hydrogens (tertiary/aromatic N) is 1. The van der Waals surface area contributed by atoms with Crippen LogP contribution in [0.3, 0.4) is 0 Å². The Kier molecular flexibility index (Phi) is 7.63. The molecule has 0 aliphatic heterocycles. The van der Waals surface area contributed by atoms with Gasteiger partial charge < -0.3 is 15.2 Å². The van der Waals surface area contributed by atoms with E-state index in [4.69, 9.17) is 15.2 Å². The molecule has 2 aromatic rings. The molecule has 1 atom stereocenters. The molecule has 0 aliphatic carbocycles. The van der Waals surface area contributed by atoms with Crippen LogP contribution in [0.15, 0.2) is 35.7 Å². The number of likely N-dealkylation sites (N-methyl/N-ethyl adjacent to an activating group) is 1. The third-order valence-electron chi connectivity index (χ3n) is 4.14. The molecule has 0 bridgehead atoms. The number of methoxy groups -OCH3 is 1. The first-order valence-corrected chi connectivity index (χ1v) is 9.49. The van der Waals surface area contributed by atoms with E-state index >= 15 is 0 Å². The van der Waals surface area contributed by atoms with Crippen LogP contribution < -0.4 is 20.5 Å². The van der Waals surface area contributed by atoms with Gasteiger partial charge in [0.15, 0.2) is 11.5 Å². The molecule has 3 amide bonds. The molecule has 2 rings (SSSR count). The Balaban J connectivity index is 2.06. The number of rotatable bonds is 9. The Bertz CT molecular complexity index is 764. The second-order valence-corrected chi connectivity index (χ2v) is 6.98. The lowest BCUT2D eigenvalue weighted by Crippen LogP contribution is -2.48. The van der Waals surface area contributed by atoms with Crippen molar-refractivity contribution in [3.63, 3.8) is 0 Å². The van der Waals surface area contributed by atoms with Gasteiger partial charge >= 0.3 is 6.03 Å². The second kappa shape index (κ2) is 9.94. The standard InChI is InChI=1S/C19H25N3O4S/c1-4-22(13(2)18(23)21-19(20)24)11-14-7-8-16(17(10-14)25-3)26-12-15-6-5-9-27-15/h5-10,13H,4,11-12H2,1-3H3,(H3,20,21,23,24)/t13-/m0/s1. The minimum atomic E-state index is -0.850. The predicted molar refractivity (Wildman–Crippen MR) is 105 cm³/mol. The van der Waals surface area contributed by atoms with Gasteiger partial charge in [0, 0.05) is 11.4 Å². The minimum Gasteiger partial charge on any atom is -0.493 e. The second-order valence-electron chi connectivity index (χ2n) is 5.95. The van der Waals surface area contributed by atoms with Gasteiger partial charge in [-0.25, -0.2) is 4.79 Å². The number of thiophene rings is 1. The van der Waals surface area contributed by atoms with Crippen molar-refractivity contribution >= 4 is 23.3 Å². The summed E-state index contributed by atoms with van der Waals surface area (Å²) in [5.74, 6) is 0.874. The molecule has 0 aliphatic rings. The molecule has 1 heterocycles. The highest BCUT2D eigenvalue weighted by atomic mass is 32.1. The van der Waals surface area contributed by atoms with Crippen molar-refractivity contribution in [3.8, 4) is 11.5 Å². The van der Waals surface area contributed by atoms with Crippen molar-refractivity contribution in [2.24, 2.45) is 5.73 Å². The van der Waals surface area contributed by atoms with Gasteiger partial charge in [0.25, 0.3) is 0 Å². The lowest BCUT2D eigenvalue weighted by molar-refractivity contribution is -0.124. The van der Waals surface area contributed by atoms with E-state index < -0.39 is 18.0 Å². The number of hydrogen-bond acceptors (Lipinski definition) is 6. The number of nitrogens with one attached hydrogen (secondary N) is 1. The normalized spacial score (nSPS) is 11.9. The maximum absolute atomic E-state index is 12.0. The fraction of sp³-hybridized carbons (Fsp3) is 0.368. The Labute approximate surface area is 163 Å². The van der Waals surface area contributed by atoms with Crippen LogP contribution in [0.5, 0.6) is 11.5 Å².